The van der Waals surface area contributed by atoms with E-state index in [1.165, 1.54) is 6.54 Å². The van der Waals surface area contributed by atoms with Crippen molar-refractivity contribution in [3.8, 4) is 0 Å². The van der Waals surface area contributed by atoms with Gasteiger partial charge in [0.25, 0.3) is 0 Å². The number of hydrogen-bond donors (Lipinski definition) is 2. The normalized spacial score (nSPS) is 25.8. The van der Waals surface area contributed by atoms with Crippen LogP contribution < -0.4 is 10.6 Å². The molecule has 1 unspecified atom stereocenters. The second-order valence-corrected chi connectivity index (χ2v) is 5.18. The van der Waals surface area contributed by atoms with Crippen LogP contribution in [0, 0.1) is 5.92 Å². The van der Waals surface area contributed by atoms with Crippen molar-refractivity contribution in [2.24, 2.45) is 10.9 Å². The average molecular weight is 240 g/mol. The minimum absolute atomic E-state index is 0.285. The zero-order chi connectivity index (χ0) is 12.1. The average Bonchev–Trinajstić information content (AvgIpc) is 2.79. The van der Waals surface area contributed by atoms with Gasteiger partial charge in [-0.3, -0.25) is 9.89 Å². The Morgan fingerprint density at radius 2 is 2.47 bits per heavy atom. The summed E-state index contributed by atoms with van der Waals surface area (Å²) >= 11 is 0. The summed E-state index contributed by atoms with van der Waals surface area (Å²) in [5.41, 5.74) is 0. The number of nitrogens with one attached hydrogen (secondary N) is 2. The minimum atomic E-state index is 0.285. The SMILES string of the molecule is CC(C)CN1CCOC(CNC2=NCCN2)C1. The Bertz CT molecular complexity index is 267. The maximum Gasteiger partial charge on any atom is 0.191 e. The molecule has 5 heteroatoms. The van der Waals surface area contributed by atoms with Gasteiger partial charge in [-0.15, -0.1) is 0 Å². The minimum Gasteiger partial charge on any atom is -0.374 e. The molecule has 0 aromatic heterocycles. The smallest absolute Gasteiger partial charge is 0.191 e. The summed E-state index contributed by atoms with van der Waals surface area (Å²) in [6.07, 6.45) is 0.285. The molecule has 0 aliphatic carbocycles. The van der Waals surface area contributed by atoms with Crippen LogP contribution in [0.1, 0.15) is 13.8 Å². The Labute approximate surface area is 104 Å². The first-order valence-electron chi connectivity index (χ1n) is 6.60. The Balaban J connectivity index is 1.69. The third kappa shape index (κ3) is 4.16. The van der Waals surface area contributed by atoms with Crippen molar-refractivity contribution in [1.29, 1.82) is 0 Å². The topological polar surface area (TPSA) is 48.9 Å². The predicted molar refractivity (Wildman–Crippen MR) is 69.3 cm³/mol. The van der Waals surface area contributed by atoms with Crippen LogP contribution in [0.3, 0.4) is 0 Å². The van der Waals surface area contributed by atoms with Gasteiger partial charge in [0, 0.05) is 32.7 Å². The largest absolute Gasteiger partial charge is 0.374 e. The second-order valence-electron chi connectivity index (χ2n) is 5.18. The van der Waals surface area contributed by atoms with Crippen LogP contribution in [0.5, 0.6) is 0 Å². The quantitative estimate of drug-likeness (QED) is 0.720. The van der Waals surface area contributed by atoms with Crippen LogP contribution in [0.15, 0.2) is 4.99 Å². The Hall–Kier alpha value is -0.810. The molecule has 5 nitrogen and oxygen atoms in total. The Morgan fingerprint density at radius 3 is 3.18 bits per heavy atom. The summed E-state index contributed by atoms with van der Waals surface area (Å²) in [5.74, 6) is 1.65. The molecule has 0 saturated carbocycles. The zero-order valence-electron chi connectivity index (χ0n) is 10.9. The van der Waals surface area contributed by atoms with Crippen LogP contribution in [0.2, 0.25) is 0 Å². The second kappa shape index (κ2) is 6.21. The molecule has 0 aromatic rings. The highest BCUT2D eigenvalue weighted by Crippen LogP contribution is 2.07. The zero-order valence-corrected chi connectivity index (χ0v) is 10.9. The summed E-state index contributed by atoms with van der Waals surface area (Å²) in [6.45, 7) is 11.3. The van der Waals surface area contributed by atoms with Crippen LogP contribution in [0.25, 0.3) is 0 Å². The molecule has 2 aliphatic heterocycles. The molecule has 2 N–H and O–H groups in total. The van der Waals surface area contributed by atoms with E-state index in [0.717, 1.165) is 51.2 Å². The molecule has 98 valence electrons. The summed E-state index contributed by atoms with van der Waals surface area (Å²) in [7, 11) is 0. The molecule has 0 amide bonds. The van der Waals surface area contributed by atoms with Gasteiger partial charge in [-0.05, 0) is 5.92 Å². The van der Waals surface area contributed by atoms with E-state index < -0.39 is 0 Å². The lowest BCUT2D eigenvalue weighted by Gasteiger charge is -2.34. The van der Waals surface area contributed by atoms with Crippen molar-refractivity contribution in [2.45, 2.75) is 20.0 Å². The van der Waals surface area contributed by atoms with E-state index in [1.54, 1.807) is 0 Å². The fourth-order valence-electron chi connectivity index (χ4n) is 2.31. The molecule has 17 heavy (non-hydrogen) atoms. The van der Waals surface area contributed by atoms with Crippen molar-refractivity contribution in [3.05, 3.63) is 0 Å². The van der Waals surface area contributed by atoms with Gasteiger partial charge in [0.2, 0.25) is 0 Å². The first-order valence-corrected chi connectivity index (χ1v) is 6.60. The lowest BCUT2D eigenvalue weighted by atomic mass is 10.2. The van der Waals surface area contributed by atoms with E-state index in [-0.39, 0.29) is 6.10 Å². The maximum atomic E-state index is 5.76. The van der Waals surface area contributed by atoms with Gasteiger partial charge in [0.1, 0.15) is 0 Å². The first kappa shape index (κ1) is 12.6. The molecular formula is C12H24N4O. The highest BCUT2D eigenvalue weighted by molar-refractivity contribution is 5.81. The van der Waals surface area contributed by atoms with Crippen molar-refractivity contribution >= 4 is 5.96 Å². The third-order valence-corrected chi connectivity index (χ3v) is 3.02. The van der Waals surface area contributed by atoms with E-state index in [1.807, 2.05) is 0 Å². The number of aliphatic imine (C=N–C) groups is 1. The molecule has 1 saturated heterocycles. The van der Waals surface area contributed by atoms with E-state index >= 15 is 0 Å². The highest BCUT2D eigenvalue weighted by Gasteiger charge is 2.21. The van der Waals surface area contributed by atoms with Crippen molar-refractivity contribution < 1.29 is 4.74 Å². The van der Waals surface area contributed by atoms with Crippen molar-refractivity contribution in [2.75, 3.05) is 45.9 Å². The summed E-state index contributed by atoms with van der Waals surface area (Å²) in [5, 5.41) is 6.52. The maximum absolute atomic E-state index is 5.76. The number of hydrogen-bond acceptors (Lipinski definition) is 5. The molecule has 0 bridgehead atoms. The van der Waals surface area contributed by atoms with Crippen LogP contribution in [-0.4, -0.2) is 62.8 Å². The number of nitrogens with zero attached hydrogens (tertiary/aromatic N) is 2. The number of morpholine rings is 1. The van der Waals surface area contributed by atoms with E-state index in [4.69, 9.17) is 4.74 Å². The third-order valence-electron chi connectivity index (χ3n) is 3.02. The fraction of sp³-hybridized carbons (Fsp3) is 0.917. The summed E-state index contributed by atoms with van der Waals surface area (Å²) in [4.78, 5) is 6.80. The molecule has 1 atom stereocenters. The van der Waals surface area contributed by atoms with Gasteiger partial charge < -0.3 is 15.4 Å². The molecule has 2 rings (SSSR count). The molecule has 2 aliphatic rings. The lowest BCUT2D eigenvalue weighted by molar-refractivity contribution is -0.0284. The molecule has 1 fully saturated rings. The van der Waals surface area contributed by atoms with E-state index in [9.17, 15) is 0 Å². The van der Waals surface area contributed by atoms with Crippen molar-refractivity contribution in [1.82, 2.24) is 15.5 Å². The monoisotopic (exact) mass is 240 g/mol. The van der Waals surface area contributed by atoms with Crippen LogP contribution >= 0.6 is 0 Å². The fourth-order valence-corrected chi connectivity index (χ4v) is 2.31. The predicted octanol–water partition coefficient (Wildman–Crippen LogP) is -0.108. The van der Waals surface area contributed by atoms with Gasteiger partial charge in [-0.1, -0.05) is 13.8 Å². The van der Waals surface area contributed by atoms with Gasteiger partial charge in [0.05, 0.1) is 19.3 Å². The van der Waals surface area contributed by atoms with Crippen molar-refractivity contribution in [3.63, 3.8) is 0 Å². The molecule has 0 spiro atoms. The Kier molecular flexibility index (Phi) is 4.62. The summed E-state index contributed by atoms with van der Waals surface area (Å²) in [6, 6.07) is 0. The van der Waals surface area contributed by atoms with E-state index in [2.05, 4.69) is 34.4 Å². The Morgan fingerprint density at radius 1 is 1.59 bits per heavy atom. The van der Waals surface area contributed by atoms with Gasteiger partial charge in [-0.2, -0.15) is 0 Å². The summed E-state index contributed by atoms with van der Waals surface area (Å²) < 4.78 is 5.76. The molecule has 0 radical (unpaired) electrons. The highest BCUT2D eigenvalue weighted by atomic mass is 16.5. The first-order chi connectivity index (χ1) is 8.24. The number of guanidine groups is 1. The van der Waals surface area contributed by atoms with E-state index in [0.29, 0.717) is 0 Å². The number of ether oxygens (including phenoxy) is 1. The number of rotatable bonds is 4. The molecular weight excluding hydrogens is 216 g/mol. The van der Waals surface area contributed by atoms with Crippen LogP contribution in [0.4, 0.5) is 0 Å². The van der Waals surface area contributed by atoms with Gasteiger partial charge in [-0.25, -0.2) is 0 Å². The van der Waals surface area contributed by atoms with Crippen LogP contribution in [-0.2, 0) is 4.74 Å². The van der Waals surface area contributed by atoms with Gasteiger partial charge >= 0.3 is 0 Å². The standard InChI is InChI=1S/C12H24N4O/c1-10(2)8-16-5-6-17-11(9-16)7-15-12-13-3-4-14-12/h10-11H,3-9H2,1-2H3,(H2,13,14,15). The van der Waals surface area contributed by atoms with Gasteiger partial charge in [0.15, 0.2) is 5.96 Å². The molecule has 2 heterocycles. The lowest BCUT2D eigenvalue weighted by Crippen LogP contribution is -2.49. The molecule has 0 aromatic carbocycles.